The molecule has 3 N–H and O–H groups in total. The van der Waals surface area contributed by atoms with Crippen molar-refractivity contribution < 1.29 is 5.11 Å². The van der Waals surface area contributed by atoms with Gasteiger partial charge in [-0.15, -0.1) is 10.2 Å². The van der Waals surface area contributed by atoms with Crippen LogP contribution in [0.15, 0.2) is 36.8 Å². The lowest BCUT2D eigenvalue weighted by molar-refractivity contribution is 0.383. The molecule has 0 radical (unpaired) electrons. The average molecular weight is 393 g/mol. The summed E-state index contributed by atoms with van der Waals surface area (Å²) in [5.41, 5.74) is 3.08. The van der Waals surface area contributed by atoms with Crippen LogP contribution >= 0.6 is 0 Å². The van der Waals surface area contributed by atoms with Crippen LogP contribution in [0, 0.1) is 5.92 Å². The number of aromatic nitrogens is 5. The summed E-state index contributed by atoms with van der Waals surface area (Å²) in [7, 11) is 0. The highest BCUT2D eigenvalue weighted by atomic mass is 16.3. The molecule has 0 aliphatic carbocycles. The third kappa shape index (κ3) is 4.54. The van der Waals surface area contributed by atoms with Crippen LogP contribution < -0.4 is 10.2 Å². The van der Waals surface area contributed by atoms with Crippen LogP contribution in [0.3, 0.4) is 0 Å². The number of benzene rings is 1. The van der Waals surface area contributed by atoms with E-state index in [4.69, 9.17) is 0 Å². The van der Waals surface area contributed by atoms with E-state index in [9.17, 15) is 5.11 Å². The standard InChI is InChI=1S/C21H27N7O/c1-21(2,3)23-9-14-6-7-28(13-14)20-22-12-18(26-27-20)17-5-4-15(8-19(17)29)16-10-24-25-11-16/h4-5,8,10-12,14,23,29H,6-7,9,13H2,1-3H3,(H,24,25). The van der Waals surface area contributed by atoms with Crippen LogP contribution in [0.5, 0.6) is 5.75 Å². The first-order valence-electron chi connectivity index (χ1n) is 9.91. The summed E-state index contributed by atoms with van der Waals surface area (Å²) in [6.07, 6.45) is 6.29. The Morgan fingerprint density at radius 2 is 2.07 bits per heavy atom. The summed E-state index contributed by atoms with van der Waals surface area (Å²) >= 11 is 0. The van der Waals surface area contributed by atoms with Gasteiger partial charge < -0.3 is 15.3 Å². The lowest BCUT2D eigenvalue weighted by atomic mass is 10.0. The molecule has 1 saturated heterocycles. The molecule has 0 amide bonds. The Bertz CT molecular complexity index is 948. The van der Waals surface area contributed by atoms with Crippen LogP contribution in [0.2, 0.25) is 0 Å². The number of H-pyrrole nitrogens is 1. The summed E-state index contributed by atoms with van der Waals surface area (Å²) in [6.45, 7) is 9.40. The molecular weight excluding hydrogens is 366 g/mol. The fraction of sp³-hybridized carbons (Fsp3) is 0.429. The first kappa shape index (κ1) is 19.3. The lowest BCUT2D eigenvalue weighted by Gasteiger charge is -2.23. The largest absolute Gasteiger partial charge is 0.507 e. The van der Waals surface area contributed by atoms with Gasteiger partial charge in [-0.05, 0) is 50.8 Å². The highest BCUT2D eigenvalue weighted by Crippen LogP contribution is 2.32. The molecular formula is C21H27N7O. The Balaban J connectivity index is 1.43. The van der Waals surface area contributed by atoms with Crippen molar-refractivity contribution in [3.8, 4) is 28.1 Å². The van der Waals surface area contributed by atoms with E-state index in [1.165, 1.54) is 0 Å². The summed E-state index contributed by atoms with van der Waals surface area (Å²) in [5.74, 6) is 1.36. The fourth-order valence-corrected chi connectivity index (χ4v) is 3.51. The number of rotatable bonds is 5. The second-order valence-electron chi connectivity index (χ2n) is 8.59. The number of phenolic OH excluding ortho intramolecular Hbond substituents is 1. The van der Waals surface area contributed by atoms with Crippen molar-refractivity contribution in [3.05, 3.63) is 36.8 Å². The predicted molar refractivity (Wildman–Crippen MR) is 113 cm³/mol. The quantitative estimate of drug-likeness (QED) is 0.612. The van der Waals surface area contributed by atoms with Crippen LogP contribution in [0.4, 0.5) is 5.95 Å². The van der Waals surface area contributed by atoms with Gasteiger partial charge in [0.05, 0.1) is 12.4 Å². The molecule has 0 spiro atoms. The summed E-state index contributed by atoms with van der Waals surface area (Å²) in [4.78, 5) is 6.67. The Hall–Kier alpha value is -3.00. The van der Waals surface area contributed by atoms with Gasteiger partial charge >= 0.3 is 0 Å². The second kappa shape index (κ2) is 7.79. The van der Waals surface area contributed by atoms with Gasteiger partial charge in [0.1, 0.15) is 11.4 Å². The first-order chi connectivity index (χ1) is 13.9. The molecule has 3 heterocycles. The van der Waals surface area contributed by atoms with Crippen molar-refractivity contribution in [2.75, 3.05) is 24.5 Å². The molecule has 0 bridgehead atoms. The minimum absolute atomic E-state index is 0.127. The van der Waals surface area contributed by atoms with Gasteiger partial charge in [-0.1, -0.05) is 6.07 Å². The number of phenols is 1. The van der Waals surface area contributed by atoms with Crippen LogP contribution in [0.25, 0.3) is 22.4 Å². The molecule has 29 heavy (non-hydrogen) atoms. The molecule has 0 saturated carbocycles. The van der Waals surface area contributed by atoms with Gasteiger partial charge in [0, 0.05) is 42.5 Å². The van der Waals surface area contributed by atoms with E-state index >= 15 is 0 Å². The number of hydrogen-bond acceptors (Lipinski definition) is 7. The van der Waals surface area contributed by atoms with E-state index in [0.717, 1.165) is 37.2 Å². The first-order valence-corrected chi connectivity index (χ1v) is 9.91. The number of nitrogens with zero attached hydrogens (tertiary/aromatic N) is 5. The Morgan fingerprint density at radius 3 is 2.72 bits per heavy atom. The zero-order chi connectivity index (χ0) is 20.4. The van der Waals surface area contributed by atoms with Gasteiger partial charge in [-0.2, -0.15) is 5.10 Å². The Morgan fingerprint density at radius 1 is 1.21 bits per heavy atom. The van der Waals surface area contributed by atoms with Crippen molar-refractivity contribution in [3.63, 3.8) is 0 Å². The van der Waals surface area contributed by atoms with E-state index < -0.39 is 0 Å². The zero-order valence-corrected chi connectivity index (χ0v) is 17.1. The maximum atomic E-state index is 10.4. The Kier molecular flexibility index (Phi) is 5.19. The minimum Gasteiger partial charge on any atom is -0.507 e. The number of anilines is 1. The number of nitrogens with one attached hydrogen (secondary N) is 2. The van der Waals surface area contributed by atoms with Crippen molar-refractivity contribution in [2.45, 2.75) is 32.7 Å². The highest BCUT2D eigenvalue weighted by molar-refractivity contribution is 5.73. The van der Waals surface area contributed by atoms with Crippen LogP contribution in [0.1, 0.15) is 27.2 Å². The van der Waals surface area contributed by atoms with Crippen molar-refractivity contribution in [2.24, 2.45) is 5.92 Å². The van der Waals surface area contributed by atoms with Gasteiger partial charge in [0.2, 0.25) is 5.95 Å². The topological polar surface area (TPSA) is 103 Å². The lowest BCUT2D eigenvalue weighted by Crippen LogP contribution is -2.39. The van der Waals surface area contributed by atoms with Crippen molar-refractivity contribution in [1.29, 1.82) is 0 Å². The maximum absolute atomic E-state index is 10.4. The molecule has 1 aliphatic heterocycles. The van der Waals surface area contributed by atoms with Crippen LogP contribution in [-0.4, -0.2) is 55.7 Å². The Labute approximate surface area is 170 Å². The molecule has 4 rings (SSSR count). The number of aromatic hydroxyl groups is 1. The zero-order valence-electron chi connectivity index (χ0n) is 17.1. The molecule has 8 heteroatoms. The van der Waals surface area contributed by atoms with E-state index in [0.29, 0.717) is 23.1 Å². The summed E-state index contributed by atoms with van der Waals surface area (Å²) < 4.78 is 0. The summed E-state index contributed by atoms with van der Waals surface area (Å²) in [6, 6.07) is 5.44. The van der Waals surface area contributed by atoms with Gasteiger partial charge in [0.15, 0.2) is 0 Å². The van der Waals surface area contributed by atoms with Gasteiger partial charge in [-0.25, -0.2) is 4.98 Å². The summed E-state index contributed by atoms with van der Waals surface area (Å²) in [5, 5.41) is 29.3. The number of aromatic amines is 1. The second-order valence-corrected chi connectivity index (χ2v) is 8.59. The SMILES string of the molecule is CC(C)(C)NCC1CCN(c2ncc(-c3ccc(-c4cn[nH]c4)cc3O)nn2)C1. The van der Waals surface area contributed by atoms with E-state index in [-0.39, 0.29) is 11.3 Å². The van der Waals surface area contributed by atoms with E-state index in [1.54, 1.807) is 24.7 Å². The molecule has 3 aromatic rings. The van der Waals surface area contributed by atoms with E-state index in [2.05, 4.69) is 56.4 Å². The molecule has 1 aliphatic rings. The maximum Gasteiger partial charge on any atom is 0.245 e. The molecule has 1 aromatic carbocycles. The molecule has 1 fully saturated rings. The highest BCUT2D eigenvalue weighted by Gasteiger charge is 2.25. The predicted octanol–water partition coefficient (Wildman–Crippen LogP) is 2.85. The van der Waals surface area contributed by atoms with E-state index in [1.807, 2.05) is 12.1 Å². The molecule has 2 aromatic heterocycles. The molecule has 8 nitrogen and oxygen atoms in total. The average Bonchev–Trinajstić information content (AvgIpc) is 3.38. The number of hydrogen-bond donors (Lipinski definition) is 3. The van der Waals surface area contributed by atoms with Gasteiger partial charge in [0.25, 0.3) is 0 Å². The fourth-order valence-electron chi connectivity index (χ4n) is 3.51. The molecule has 1 atom stereocenters. The van der Waals surface area contributed by atoms with Crippen molar-refractivity contribution >= 4 is 5.95 Å². The van der Waals surface area contributed by atoms with Crippen molar-refractivity contribution in [1.82, 2.24) is 30.7 Å². The monoisotopic (exact) mass is 393 g/mol. The minimum atomic E-state index is 0.127. The third-order valence-electron chi connectivity index (χ3n) is 5.14. The normalized spacial score (nSPS) is 17.1. The smallest absolute Gasteiger partial charge is 0.245 e. The molecule has 1 unspecified atom stereocenters. The van der Waals surface area contributed by atoms with Crippen LogP contribution in [-0.2, 0) is 0 Å². The molecule has 152 valence electrons. The van der Waals surface area contributed by atoms with Gasteiger partial charge in [-0.3, -0.25) is 5.10 Å². The third-order valence-corrected chi connectivity index (χ3v) is 5.14.